The number of piperazine rings is 1. The average molecular weight is 518 g/mol. The number of piperidine rings is 1. The lowest BCUT2D eigenvalue weighted by Gasteiger charge is -2.37. The van der Waals surface area contributed by atoms with Gasteiger partial charge in [0.15, 0.2) is 5.96 Å². The second kappa shape index (κ2) is 11.9. The molecule has 0 saturated carbocycles. The summed E-state index contributed by atoms with van der Waals surface area (Å²) in [6, 6.07) is 7.65. The van der Waals surface area contributed by atoms with Crippen LogP contribution in [-0.4, -0.2) is 87.8 Å². The number of anilines is 1. The molecule has 8 heteroatoms. The van der Waals surface area contributed by atoms with Crippen LogP contribution in [0.25, 0.3) is 0 Å². The van der Waals surface area contributed by atoms with Gasteiger partial charge in [0.2, 0.25) is 0 Å². The van der Waals surface area contributed by atoms with E-state index in [1.54, 1.807) is 12.1 Å². The Labute approximate surface area is 191 Å². The van der Waals surface area contributed by atoms with E-state index in [1.807, 2.05) is 6.07 Å². The second-order valence-electron chi connectivity index (χ2n) is 8.03. The van der Waals surface area contributed by atoms with Crippen LogP contribution >= 0.6 is 24.0 Å². The first kappa shape index (κ1) is 24.1. The van der Waals surface area contributed by atoms with Crippen LogP contribution in [0.5, 0.6) is 0 Å². The number of nitrogens with one attached hydrogen (secondary N) is 2. The van der Waals surface area contributed by atoms with Gasteiger partial charge in [-0.25, -0.2) is 4.39 Å². The topological polar surface area (TPSA) is 46.1 Å². The number of aliphatic imine (C=N–C) groups is 1. The molecule has 2 N–H and O–H groups in total. The molecule has 2 unspecified atom stereocenters. The van der Waals surface area contributed by atoms with Crippen molar-refractivity contribution >= 4 is 35.6 Å². The molecule has 2 heterocycles. The van der Waals surface area contributed by atoms with Crippen LogP contribution < -0.4 is 15.5 Å². The molecule has 0 spiro atoms. The third-order valence-corrected chi connectivity index (χ3v) is 5.72. The Hall–Kier alpha value is -1.13. The van der Waals surface area contributed by atoms with Crippen LogP contribution in [0.1, 0.15) is 19.8 Å². The first-order chi connectivity index (χ1) is 13.5. The molecule has 29 heavy (non-hydrogen) atoms. The first-order valence-electron chi connectivity index (χ1n) is 10.5. The molecule has 2 fully saturated rings. The fourth-order valence-corrected chi connectivity index (χ4v) is 4.01. The first-order valence-corrected chi connectivity index (χ1v) is 10.5. The van der Waals surface area contributed by atoms with Gasteiger partial charge in [0.25, 0.3) is 0 Å². The van der Waals surface area contributed by atoms with E-state index in [9.17, 15) is 4.39 Å². The number of hydrogen-bond acceptors (Lipinski definition) is 4. The minimum absolute atomic E-state index is 0. The summed E-state index contributed by atoms with van der Waals surface area (Å²) in [6.07, 6.45) is 2.19. The van der Waals surface area contributed by atoms with Gasteiger partial charge >= 0.3 is 0 Å². The van der Waals surface area contributed by atoms with Crippen molar-refractivity contribution in [2.45, 2.75) is 31.8 Å². The largest absolute Gasteiger partial charge is 0.369 e. The molecule has 0 bridgehead atoms. The highest BCUT2D eigenvalue weighted by Crippen LogP contribution is 2.20. The van der Waals surface area contributed by atoms with Crippen molar-refractivity contribution in [1.82, 2.24) is 20.4 Å². The lowest BCUT2D eigenvalue weighted by molar-refractivity contribution is 0.119. The highest BCUT2D eigenvalue weighted by atomic mass is 127. The van der Waals surface area contributed by atoms with Gasteiger partial charge < -0.3 is 20.4 Å². The quantitative estimate of drug-likeness (QED) is 0.356. The number of nitrogens with zero attached hydrogens (tertiary/aromatic N) is 4. The maximum Gasteiger partial charge on any atom is 0.191 e. The Morgan fingerprint density at radius 1 is 1.21 bits per heavy atom. The van der Waals surface area contributed by atoms with Crippen molar-refractivity contribution in [2.75, 3.05) is 64.8 Å². The van der Waals surface area contributed by atoms with Crippen molar-refractivity contribution in [1.29, 1.82) is 0 Å². The molecule has 1 aromatic rings. The molecule has 0 aromatic heterocycles. The molecule has 0 radical (unpaired) electrons. The summed E-state index contributed by atoms with van der Waals surface area (Å²) in [5, 5.41) is 7.00. The van der Waals surface area contributed by atoms with E-state index in [1.165, 1.54) is 6.07 Å². The summed E-state index contributed by atoms with van der Waals surface area (Å²) >= 11 is 0. The van der Waals surface area contributed by atoms with Crippen molar-refractivity contribution < 1.29 is 4.39 Å². The molecule has 2 atom stereocenters. The molecule has 2 saturated heterocycles. The summed E-state index contributed by atoms with van der Waals surface area (Å²) in [5.74, 6) is 0.708. The third kappa shape index (κ3) is 7.25. The van der Waals surface area contributed by atoms with Gasteiger partial charge in [-0.05, 0) is 52.1 Å². The van der Waals surface area contributed by atoms with Crippen LogP contribution in [0.4, 0.5) is 10.1 Å². The van der Waals surface area contributed by atoms with Gasteiger partial charge in [-0.3, -0.25) is 9.89 Å². The number of likely N-dealkylation sites (N-methyl/N-ethyl adjacent to an activating group) is 2. The highest BCUT2D eigenvalue weighted by molar-refractivity contribution is 14.0. The van der Waals surface area contributed by atoms with E-state index >= 15 is 0 Å². The molecule has 3 rings (SSSR count). The fourth-order valence-electron chi connectivity index (χ4n) is 4.01. The van der Waals surface area contributed by atoms with E-state index in [0.717, 1.165) is 70.3 Å². The number of hydrogen-bond donors (Lipinski definition) is 2. The van der Waals surface area contributed by atoms with Crippen molar-refractivity contribution in [2.24, 2.45) is 4.99 Å². The fraction of sp³-hybridized carbons (Fsp3) is 0.667. The van der Waals surface area contributed by atoms with Gasteiger partial charge in [0.1, 0.15) is 5.82 Å². The number of benzene rings is 1. The van der Waals surface area contributed by atoms with Crippen LogP contribution in [-0.2, 0) is 0 Å². The van der Waals surface area contributed by atoms with E-state index in [4.69, 9.17) is 4.99 Å². The lowest BCUT2D eigenvalue weighted by Crippen LogP contribution is -2.53. The molecule has 0 amide bonds. The molecule has 164 valence electrons. The standard InChI is InChI=1S/C21H35FN6.HI/c1-4-23-21(24-14-20-16-26(2)11-12-27(20)3)25-18-8-6-10-28(15-18)19-9-5-7-17(22)13-19;/h5,7,9,13,18,20H,4,6,8,10-12,14-16H2,1-3H3,(H2,23,24,25);1H. The summed E-state index contributed by atoms with van der Waals surface area (Å²) in [5.41, 5.74) is 0.959. The minimum atomic E-state index is -0.177. The SMILES string of the molecule is CCNC(=NCC1CN(C)CCN1C)NC1CCCN(c2cccc(F)c2)C1.I. The summed E-state index contributed by atoms with van der Waals surface area (Å²) < 4.78 is 13.6. The second-order valence-corrected chi connectivity index (χ2v) is 8.03. The monoisotopic (exact) mass is 518 g/mol. The number of guanidine groups is 1. The van der Waals surface area contributed by atoms with Gasteiger partial charge in [-0.1, -0.05) is 6.07 Å². The Morgan fingerprint density at radius 3 is 2.79 bits per heavy atom. The Balaban J connectivity index is 0.00000300. The van der Waals surface area contributed by atoms with Crippen molar-refractivity contribution in [3.05, 3.63) is 30.1 Å². The van der Waals surface area contributed by atoms with Gasteiger partial charge in [0.05, 0.1) is 6.54 Å². The zero-order chi connectivity index (χ0) is 19.9. The molecule has 6 nitrogen and oxygen atoms in total. The Bertz CT molecular complexity index is 658. The van der Waals surface area contributed by atoms with E-state index in [2.05, 4.69) is 46.4 Å². The van der Waals surface area contributed by atoms with Crippen LogP contribution in [0, 0.1) is 5.82 Å². The van der Waals surface area contributed by atoms with E-state index in [-0.39, 0.29) is 29.8 Å². The van der Waals surface area contributed by atoms with E-state index < -0.39 is 0 Å². The zero-order valence-electron chi connectivity index (χ0n) is 17.9. The number of halogens is 2. The average Bonchev–Trinajstić information content (AvgIpc) is 2.69. The number of rotatable bonds is 5. The summed E-state index contributed by atoms with van der Waals surface area (Å²) in [6.45, 7) is 8.81. The van der Waals surface area contributed by atoms with Gasteiger partial charge in [0, 0.05) is 57.0 Å². The van der Waals surface area contributed by atoms with Crippen molar-refractivity contribution in [3.8, 4) is 0 Å². The molecule has 1 aromatic carbocycles. The Morgan fingerprint density at radius 2 is 2.03 bits per heavy atom. The summed E-state index contributed by atoms with van der Waals surface area (Å²) in [4.78, 5) is 11.9. The molecular formula is C21H36FIN6. The maximum atomic E-state index is 13.6. The maximum absolute atomic E-state index is 13.6. The van der Waals surface area contributed by atoms with E-state index in [0.29, 0.717) is 12.1 Å². The van der Waals surface area contributed by atoms with Crippen LogP contribution in [0.15, 0.2) is 29.3 Å². The predicted octanol–water partition coefficient (Wildman–Crippen LogP) is 2.21. The van der Waals surface area contributed by atoms with Crippen LogP contribution in [0.2, 0.25) is 0 Å². The molecule has 2 aliphatic rings. The van der Waals surface area contributed by atoms with Gasteiger partial charge in [-0.2, -0.15) is 0 Å². The van der Waals surface area contributed by atoms with Gasteiger partial charge in [-0.15, -0.1) is 24.0 Å². The minimum Gasteiger partial charge on any atom is -0.369 e. The van der Waals surface area contributed by atoms with Crippen molar-refractivity contribution in [3.63, 3.8) is 0 Å². The molecule has 0 aliphatic carbocycles. The lowest BCUT2D eigenvalue weighted by atomic mass is 10.0. The predicted molar refractivity (Wildman–Crippen MR) is 130 cm³/mol. The third-order valence-electron chi connectivity index (χ3n) is 5.72. The zero-order valence-corrected chi connectivity index (χ0v) is 20.2. The normalized spacial score (nSPS) is 24.1. The smallest absolute Gasteiger partial charge is 0.191 e. The highest BCUT2D eigenvalue weighted by Gasteiger charge is 2.23. The summed E-state index contributed by atoms with van der Waals surface area (Å²) in [7, 11) is 4.36. The molecule has 2 aliphatic heterocycles. The Kier molecular flexibility index (Phi) is 9.91. The van der Waals surface area contributed by atoms with Crippen LogP contribution in [0.3, 0.4) is 0 Å². The molecular weight excluding hydrogens is 482 g/mol.